The van der Waals surface area contributed by atoms with Gasteiger partial charge in [0.05, 0.1) is 24.6 Å². The van der Waals surface area contributed by atoms with E-state index >= 15 is 0 Å². The summed E-state index contributed by atoms with van der Waals surface area (Å²) in [5.74, 6) is 2.82. The van der Waals surface area contributed by atoms with Gasteiger partial charge in [-0.3, -0.25) is 9.89 Å². The van der Waals surface area contributed by atoms with Crippen molar-refractivity contribution in [3.05, 3.63) is 53.4 Å². The van der Waals surface area contributed by atoms with Crippen molar-refractivity contribution in [2.24, 2.45) is 0 Å². The normalized spacial score (nSPS) is 14.9. The number of carbonyl (C=O) groups excluding carboxylic acids is 1. The highest BCUT2D eigenvalue weighted by molar-refractivity contribution is 5.95. The minimum absolute atomic E-state index is 0.0198. The Kier molecular flexibility index (Phi) is 5.33. The van der Waals surface area contributed by atoms with Crippen LogP contribution in [-0.2, 0) is 6.42 Å². The molecule has 8 nitrogen and oxygen atoms in total. The average Bonchev–Trinajstić information content (AvgIpc) is 3.40. The summed E-state index contributed by atoms with van der Waals surface area (Å²) < 4.78 is 7.20. The molecule has 0 saturated carbocycles. The lowest BCUT2D eigenvalue weighted by atomic mass is 9.95. The minimum atomic E-state index is 0.0198. The summed E-state index contributed by atoms with van der Waals surface area (Å²) in [5, 5.41) is 11.8. The highest BCUT2D eigenvalue weighted by atomic mass is 16.5. The Morgan fingerprint density at radius 2 is 2.03 bits per heavy atom. The lowest BCUT2D eigenvalue weighted by molar-refractivity contribution is 0.0710. The van der Waals surface area contributed by atoms with Crippen LogP contribution in [0.15, 0.2) is 30.5 Å². The van der Waals surface area contributed by atoms with Gasteiger partial charge in [-0.2, -0.15) is 10.2 Å². The molecule has 0 unspecified atom stereocenters. The Morgan fingerprint density at radius 1 is 1.28 bits per heavy atom. The van der Waals surface area contributed by atoms with Gasteiger partial charge in [-0.25, -0.2) is 9.67 Å². The standard InChI is InChI=1S/C21H26N6O2/c1-4-19-23-20(25-24-19)15-9-11-26(12-10-15)21(28)16-13-22-27(14(16)2)17-7-5-6-8-18(17)29-3/h5-8,13,15H,4,9-12H2,1-3H3,(H,23,24,25). The topological polar surface area (TPSA) is 88.9 Å². The monoisotopic (exact) mass is 394 g/mol. The molecule has 1 N–H and O–H groups in total. The fourth-order valence-electron chi connectivity index (χ4n) is 3.83. The third-order valence-electron chi connectivity index (χ3n) is 5.58. The number of piperidine rings is 1. The van der Waals surface area contributed by atoms with Crippen LogP contribution in [-0.4, -0.2) is 56.0 Å². The van der Waals surface area contributed by atoms with Crippen LogP contribution in [0.5, 0.6) is 5.75 Å². The molecule has 2 aromatic heterocycles. The predicted molar refractivity (Wildman–Crippen MR) is 108 cm³/mol. The molecule has 4 rings (SSSR count). The second-order valence-electron chi connectivity index (χ2n) is 7.29. The van der Waals surface area contributed by atoms with Gasteiger partial charge in [0.2, 0.25) is 0 Å². The van der Waals surface area contributed by atoms with Gasteiger partial charge < -0.3 is 9.64 Å². The molecular weight excluding hydrogens is 368 g/mol. The number of aromatic nitrogens is 5. The van der Waals surface area contributed by atoms with Gasteiger partial charge >= 0.3 is 0 Å². The number of likely N-dealkylation sites (tertiary alicyclic amines) is 1. The molecule has 0 radical (unpaired) electrons. The summed E-state index contributed by atoms with van der Waals surface area (Å²) in [7, 11) is 1.63. The van der Waals surface area contributed by atoms with Crippen LogP contribution in [0.2, 0.25) is 0 Å². The molecule has 0 atom stereocenters. The van der Waals surface area contributed by atoms with E-state index in [1.54, 1.807) is 18.0 Å². The second-order valence-corrected chi connectivity index (χ2v) is 7.29. The molecule has 3 aromatic rings. The highest BCUT2D eigenvalue weighted by Crippen LogP contribution is 2.28. The number of para-hydroxylation sites is 2. The zero-order chi connectivity index (χ0) is 20.4. The largest absolute Gasteiger partial charge is 0.494 e. The third kappa shape index (κ3) is 3.62. The van der Waals surface area contributed by atoms with E-state index in [4.69, 9.17) is 4.74 Å². The molecule has 1 saturated heterocycles. The number of nitrogens with one attached hydrogen (secondary N) is 1. The number of benzene rings is 1. The van der Waals surface area contributed by atoms with E-state index in [-0.39, 0.29) is 5.91 Å². The zero-order valence-corrected chi connectivity index (χ0v) is 17.1. The van der Waals surface area contributed by atoms with Crippen molar-refractivity contribution in [2.75, 3.05) is 20.2 Å². The Balaban J connectivity index is 1.48. The van der Waals surface area contributed by atoms with Crippen LogP contribution in [0.3, 0.4) is 0 Å². The highest BCUT2D eigenvalue weighted by Gasteiger charge is 2.28. The van der Waals surface area contributed by atoms with E-state index in [0.717, 1.165) is 48.0 Å². The Labute approximate surface area is 169 Å². The van der Waals surface area contributed by atoms with Crippen molar-refractivity contribution in [2.45, 2.75) is 39.0 Å². The number of hydrogen-bond donors (Lipinski definition) is 1. The number of aryl methyl sites for hydroxylation is 1. The fraction of sp³-hybridized carbons (Fsp3) is 0.429. The fourth-order valence-corrected chi connectivity index (χ4v) is 3.83. The molecule has 1 aliphatic heterocycles. The van der Waals surface area contributed by atoms with Crippen LogP contribution in [0, 0.1) is 6.92 Å². The second kappa shape index (κ2) is 8.06. The van der Waals surface area contributed by atoms with E-state index in [1.165, 1.54) is 0 Å². The van der Waals surface area contributed by atoms with Crippen molar-refractivity contribution in [3.63, 3.8) is 0 Å². The molecule has 0 bridgehead atoms. The molecular formula is C21H26N6O2. The number of rotatable bonds is 5. The van der Waals surface area contributed by atoms with Gasteiger partial charge in [0, 0.05) is 25.4 Å². The maximum absolute atomic E-state index is 13.1. The Bertz CT molecular complexity index is 1000. The summed E-state index contributed by atoms with van der Waals surface area (Å²) in [5.41, 5.74) is 2.25. The average molecular weight is 394 g/mol. The van der Waals surface area contributed by atoms with Gasteiger partial charge in [0.15, 0.2) is 5.82 Å². The molecule has 1 aromatic carbocycles. The van der Waals surface area contributed by atoms with Crippen molar-refractivity contribution >= 4 is 5.91 Å². The predicted octanol–water partition coefficient (Wildman–Crippen LogP) is 2.89. The van der Waals surface area contributed by atoms with Gasteiger partial charge in [0.25, 0.3) is 5.91 Å². The first kappa shape index (κ1) is 19.2. The maximum atomic E-state index is 13.1. The molecule has 0 aliphatic carbocycles. The van der Waals surface area contributed by atoms with E-state index < -0.39 is 0 Å². The molecule has 152 valence electrons. The lowest BCUT2D eigenvalue weighted by Gasteiger charge is -2.30. The van der Waals surface area contributed by atoms with Crippen LogP contribution in [0.25, 0.3) is 5.69 Å². The molecule has 29 heavy (non-hydrogen) atoms. The molecule has 1 aliphatic rings. The number of hydrogen-bond acceptors (Lipinski definition) is 5. The summed E-state index contributed by atoms with van der Waals surface area (Å²) >= 11 is 0. The number of ether oxygens (including phenoxy) is 1. The number of aromatic amines is 1. The summed E-state index contributed by atoms with van der Waals surface area (Å²) in [6.07, 6.45) is 4.23. The van der Waals surface area contributed by atoms with Gasteiger partial charge in [-0.15, -0.1) is 0 Å². The van der Waals surface area contributed by atoms with Crippen LogP contribution < -0.4 is 4.74 Å². The maximum Gasteiger partial charge on any atom is 0.257 e. The van der Waals surface area contributed by atoms with Gasteiger partial charge in [-0.1, -0.05) is 19.1 Å². The summed E-state index contributed by atoms with van der Waals surface area (Å²) in [6, 6.07) is 7.66. The smallest absolute Gasteiger partial charge is 0.257 e. The number of carbonyl (C=O) groups is 1. The van der Waals surface area contributed by atoms with Crippen LogP contribution in [0.4, 0.5) is 0 Å². The van der Waals surface area contributed by atoms with Crippen molar-refractivity contribution in [1.82, 2.24) is 29.9 Å². The first-order chi connectivity index (χ1) is 14.1. The lowest BCUT2D eigenvalue weighted by Crippen LogP contribution is -2.38. The Hall–Kier alpha value is -3.16. The van der Waals surface area contributed by atoms with Crippen LogP contribution >= 0.6 is 0 Å². The molecule has 1 amide bonds. The third-order valence-corrected chi connectivity index (χ3v) is 5.58. The number of amides is 1. The summed E-state index contributed by atoms with van der Waals surface area (Å²) in [4.78, 5) is 19.6. The first-order valence-electron chi connectivity index (χ1n) is 10.0. The van der Waals surface area contributed by atoms with E-state index in [1.807, 2.05) is 36.1 Å². The van der Waals surface area contributed by atoms with Crippen LogP contribution in [0.1, 0.15) is 53.4 Å². The van der Waals surface area contributed by atoms with Crippen molar-refractivity contribution in [3.8, 4) is 11.4 Å². The molecule has 1 fully saturated rings. The quantitative estimate of drug-likeness (QED) is 0.719. The zero-order valence-electron chi connectivity index (χ0n) is 17.1. The number of methoxy groups -OCH3 is 1. The number of H-pyrrole nitrogens is 1. The number of nitrogens with zero attached hydrogens (tertiary/aromatic N) is 5. The van der Waals surface area contributed by atoms with E-state index in [9.17, 15) is 4.79 Å². The Morgan fingerprint density at radius 3 is 2.72 bits per heavy atom. The minimum Gasteiger partial charge on any atom is -0.494 e. The molecule has 3 heterocycles. The van der Waals surface area contributed by atoms with E-state index in [2.05, 4.69) is 27.2 Å². The SMILES string of the molecule is CCc1nc(C2CCN(C(=O)c3cnn(-c4ccccc4OC)c3C)CC2)n[nH]1. The van der Waals surface area contributed by atoms with Crippen molar-refractivity contribution < 1.29 is 9.53 Å². The molecule has 8 heteroatoms. The first-order valence-corrected chi connectivity index (χ1v) is 10.0. The van der Waals surface area contributed by atoms with E-state index in [0.29, 0.717) is 24.6 Å². The van der Waals surface area contributed by atoms with Gasteiger partial charge in [-0.05, 0) is 31.9 Å². The molecule has 0 spiro atoms. The van der Waals surface area contributed by atoms with Gasteiger partial charge in [0.1, 0.15) is 17.3 Å². The summed E-state index contributed by atoms with van der Waals surface area (Å²) in [6.45, 7) is 5.36. The van der Waals surface area contributed by atoms with Crippen molar-refractivity contribution in [1.29, 1.82) is 0 Å².